The monoisotopic (exact) mass is 295 g/mol. The fourth-order valence-corrected chi connectivity index (χ4v) is 2.72. The highest BCUT2D eigenvalue weighted by atomic mass is 32.2. The molecule has 5 nitrogen and oxygen atoms in total. The number of sulfonamides is 1. The molecule has 0 atom stereocenters. The SMILES string of the molecule is O=C(O)c1c(F)cccc1NS(=O)(=O)c1ccccc1. The van der Waals surface area contributed by atoms with Crippen molar-refractivity contribution in [2.24, 2.45) is 0 Å². The van der Waals surface area contributed by atoms with Crippen molar-refractivity contribution < 1.29 is 22.7 Å². The molecule has 0 fully saturated rings. The van der Waals surface area contributed by atoms with Gasteiger partial charge in [-0.15, -0.1) is 0 Å². The number of nitrogens with one attached hydrogen (secondary N) is 1. The molecule has 0 saturated carbocycles. The summed E-state index contributed by atoms with van der Waals surface area (Å²) in [4.78, 5) is 10.9. The number of hydrogen-bond acceptors (Lipinski definition) is 3. The molecule has 0 aliphatic carbocycles. The molecular weight excluding hydrogens is 285 g/mol. The van der Waals surface area contributed by atoms with Crippen LogP contribution in [0.25, 0.3) is 0 Å². The summed E-state index contributed by atoms with van der Waals surface area (Å²) in [5, 5.41) is 8.94. The molecule has 0 unspecified atom stereocenters. The van der Waals surface area contributed by atoms with Gasteiger partial charge < -0.3 is 5.11 Å². The molecule has 2 N–H and O–H groups in total. The zero-order valence-electron chi connectivity index (χ0n) is 10.1. The van der Waals surface area contributed by atoms with Gasteiger partial charge in [-0.3, -0.25) is 4.72 Å². The van der Waals surface area contributed by atoms with Gasteiger partial charge in [0.25, 0.3) is 10.0 Å². The normalized spacial score (nSPS) is 11.1. The number of anilines is 1. The Kier molecular flexibility index (Phi) is 3.71. The predicted octanol–water partition coefficient (Wildman–Crippen LogP) is 2.32. The van der Waals surface area contributed by atoms with Crippen molar-refractivity contribution in [1.29, 1.82) is 0 Å². The minimum absolute atomic E-state index is 0.0411. The second kappa shape index (κ2) is 5.30. The summed E-state index contributed by atoms with van der Waals surface area (Å²) in [7, 11) is -3.97. The lowest BCUT2D eigenvalue weighted by molar-refractivity contribution is 0.0693. The van der Waals surface area contributed by atoms with E-state index in [1.165, 1.54) is 36.4 Å². The molecule has 0 heterocycles. The third-order valence-electron chi connectivity index (χ3n) is 2.53. The van der Waals surface area contributed by atoms with Crippen LogP contribution >= 0.6 is 0 Å². The minimum Gasteiger partial charge on any atom is -0.478 e. The molecule has 0 aliphatic rings. The zero-order valence-corrected chi connectivity index (χ0v) is 10.9. The summed E-state index contributed by atoms with van der Waals surface area (Å²) < 4.78 is 39.7. The number of rotatable bonds is 4. The lowest BCUT2D eigenvalue weighted by Gasteiger charge is -2.10. The summed E-state index contributed by atoms with van der Waals surface area (Å²) >= 11 is 0. The van der Waals surface area contributed by atoms with Gasteiger partial charge in [0.15, 0.2) is 0 Å². The fraction of sp³-hybridized carbons (Fsp3) is 0. The molecule has 2 aromatic carbocycles. The van der Waals surface area contributed by atoms with Crippen LogP contribution in [-0.4, -0.2) is 19.5 Å². The number of benzene rings is 2. The van der Waals surface area contributed by atoms with Crippen molar-refractivity contribution in [3.05, 3.63) is 59.9 Å². The van der Waals surface area contributed by atoms with E-state index in [9.17, 15) is 17.6 Å². The van der Waals surface area contributed by atoms with Crippen LogP contribution in [0, 0.1) is 5.82 Å². The molecule has 0 amide bonds. The molecule has 7 heteroatoms. The number of halogens is 1. The Labute approximate surface area is 114 Å². The van der Waals surface area contributed by atoms with E-state index >= 15 is 0 Å². The van der Waals surface area contributed by atoms with Gasteiger partial charge in [0.2, 0.25) is 0 Å². The largest absolute Gasteiger partial charge is 0.478 e. The first-order valence-corrected chi connectivity index (χ1v) is 7.00. The van der Waals surface area contributed by atoms with Crippen molar-refractivity contribution in [2.75, 3.05) is 4.72 Å². The van der Waals surface area contributed by atoms with Crippen LogP contribution in [0.4, 0.5) is 10.1 Å². The highest BCUT2D eigenvalue weighted by molar-refractivity contribution is 7.92. The molecule has 2 aromatic rings. The molecule has 0 radical (unpaired) electrons. The number of carboxylic acids is 1. The van der Waals surface area contributed by atoms with Gasteiger partial charge >= 0.3 is 5.97 Å². The molecule has 104 valence electrons. The van der Waals surface area contributed by atoms with Crippen LogP contribution in [0.2, 0.25) is 0 Å². The average Bonchev–Trinajstić information content (AvgIpc) is 2.39. The van der Waals surface area contributed by atoms with E-state index < -0.39 is 27.4 Å². The Morgan fingerprint density at radius 2 is 1.70 bits per heavy atom. The van der Waals surface area contributed by atoms with E-state index in [4.69, 9.17) is 5.11 Å². The third kappa shape index (κ3) is 2.77. The lowest BCUT2D eigenvalue weighted by atomic mass is 10.2. The highest BCUT2D eigenvalue weighted by Crippen LogP contribution is 2.22. The van der Waals surface area contributed by atoms with Gasteiger partial charge in [0, 0.05) is 0 Å². The Morgan fingerprint density at radius 3 is 2.30 bits per heavy atom. The van der Waals surface area contributed by atoms with E-state index in [1.54, 1.807) is 6.07 Å². The molecule has 0 bridgehead atoms. The maximum absolute atomic E-state index is 13.5. The maximum atomic E-state index is 13.5. The second-order valence-electron chi connectivity index (χ2n) is 3.89. The summed E-state index contributed by atoms with van der Waals surface area (Å²) in [6.45, 7) is 0. The standard InChI is InChI=1S/C13H10FNO4S/c14-10-7-4-8-11(12(10)13(16)17)15-20(18,19)9-5-2-1-3-6-9/h1-8,15H,(H,16,17). The van der Waals surface area contributed by atoms with Gasteiger partial charge in [0.1, 0.15) is 11.4 Å². The Bertz CT molecular complexity index is 744. The quantitative estimate of drug-likeness (QED) is 0.906. The predicted molar refractivity (Wildman–Crippen MR) is 70.6 cm³/mol. The lowest BCUT2D eigenvalue weighted by Crippen LogP contribution is -2.16. The number of aromatic carboxylic acids is 1. The van der Waals surface area contributed by atoms with E-state index in [2.05, 4.69) is 4.72 Å². The maximum Gasteiger partial charge on any atom is 0.340 e. The van der Waals surface area contributed by atoms with Crippen LogP contribution in [-0.2, 0) is 10.0 Å². The first-order chi connectivity index (χ1) is 9.42. The second-order valence-corrected chi connectivity index (χ2v) is 5.57. The van der Waals surface area contributed by atoms with Gasteiger partial charge in [-0.05, 0) is 24.3 Å². The number of carbonyl (C=O) groups is 1. The fourth-order valence-electron chi connectivity index (χ4n) is 1.63. The molecule has 0 aromatic heterocycles. The van der Waals surface area contributed by atoms with Crippen molar-refractivity contribution in [3.8, 4) is 0 Å². The molecular formula is C13H10FNO4S. The van der Waals surface area contributed by atoms with E-state index in [0.29, 0.717) is 0 Å². The van der Waals surface area contributed by atoms with Crippen LogP contribution in [0.3, 0.4) is 0 Å². The zero-order chi connectivity index (χ0) is 14.8. The Morgan fingerprint density at radius 1 is 1.05 bits per heavy atom. The highest BCUT2D eigenvalue weighted by Gasteiger charge is 2.20. The topological polar surface area (TPSA) is 83.5 Å². The van der Waals surface area contributed by atoms with Crippen LogP contribution in [0.5, 0.6) is 0 Å². The van der Waals surface area contributed by atoms with Crippen molar-refractivity contribution in [3.63, 3.8) is 0 Å². The molecule has 20 heavy (non-hydrogen) atoms. The number of carboxylic acid groups (broad SMARTS) is 1. The van der Waals surface area contributed by atoms with E-state index in [0.717, 1.165) is 6.07 Å². The van der Waals surface area contributed by atoms with E-state index in [-0.39, 0.29) is 10.6 Å². The van der Waals surface area contributed by atoms with Crippen molar-refractivity contribution in [1.82, 2.24) is 0 Å². The summed E-state index contributed by atoms with van der Waals surface area (Å²) in [6.07, 6.45) is 0. The first-order valence-electron chi connectivity index (χ1n) is 5.51. The van der Waals surface area contributed by atoms with Crippen molar-refractivity contribution in [2.45, 2.75) is 4.90 Å². The minimum atomic E-state index is -3.97. The van der Waals surface area contributed by atoms with Gasteiger partial charge in [-0.2, -0.15) is 0 Å². The van der Waals surface area contributed by atoms with Crippen LogP contribution in [0.1, 0.15) is 10.4 Å². The Hall–Kier alpha value is -2.41. The summed E-state index contributed by atoms with van der Waals surface area (Å²) in [5.74, 6) is -2.56. The van der Waals surface area contributed by atoms with E-state index in [1.807, 2.05) is 0 Å². The van der Waals surface area contributed by atoms with Crippen LogP contribution < -0.4 is 4.72 Å². The molecule has 0 saturated heterocycles. The smallest absolute Gasteiger partial charge is 0.340 e. The molecule has 2 rings (SSSR count). The molecule has 0 aliphatic heterocycles. The van der Waals surface area contributed by atoms with Gasteiger partial charge in [-0.25, -0.2) is 17.6 Å². The van der Waals surface area contributed by atoms with Crippen LogP contribution in [0.15, 0.2) is 53.4 Å². The van der Waals surface area contributed by atoms with Gasteiger partial charge in [-0.1, -0.05) is 24.3 Å². The average molecular weight is 295 g/mol. The van der Waals surface area contributed by atoms with Crippen molar-refractivity contribution >= 4 is 21.7 Å². The summed E-state index contributed by atoms with van der Waals surface area (Å²) in [5.41, 5.74) is -1.03. The first kappa shape index (κ1) is 14.0. The number of hydrogen-bond donors (Lipinski definition) is 2. The van der Waals surface area contributed by atoms with Gasteiger partial charge in [0.05, 0.1) is 10.6 Å². The summed E-state index contributed by atoms with van der Waals surface area (Å²) in [6, 6.07) is 10.8. The third-order valence-corrected chi connectivity index (χ3v) is 3.91. The Balaban J connectivity index is 2.46. The molecule has 0 spiro atoms.